The van der Waals surface area contributed by atoms with Crippen LogP contribution in [-0.4, -0.2) is 29.5 Å². The first-order chi connectivity index (χ1) is 7.06. The minimum atomic E-state index is 0. The van der Waals surface area contributed by atoms with Crippen LogP contribution in [0.15, 0.2) is 0 Å². The molecule has 3 nitrogen and oxygen atoms in total. The molecule has 0 heterocycles. The van der Waals surface area contributed by atoms with E-state index in [1.807, 2.05) is 18.7 Å². The molecule has 0 aromatic heterocycles. The first kappa shape index (κ1) is 18.4. The van der Waals surface area contributed by atoms with Crippen molar-refractivity contribution in [3.05, 3.63) is 0 Å². The molecule has 0 saturated heterocycles. The molecule has 1 amide bonds. The lowest BCUT2D eigenvalue weighted by atomic mass is 10.2. The zero-order valence-electron chi connectivity index (χ0n) is 10.5. The minimum Gasteiger partial charge on any atom is -0.354 e. The van der Waals surface area contributed by atoms with Crippen LogP contribution in [0.25, 0.3) is 0 Å². The van der Waals surface area contributed by atoms with Crippen molar-refractivity contribution in [2.45, 2.75) is 52.1 Å². The van der Waals surface area contributed by atoms with E-state index in [0.29, 0.717) is 6.42 Å². The van der Waals surface area contributed by atoms with Gasteiger partial charge < -0.3 is 11.1 Å². The average molecular weight is 269 g/mol. The van der Waals surface area contributed by atoms with Crippen molar-refractivity contribution < 1.29 is 4.79 Å². The Balaban J connectivity index is 0. The molecule has 3 N–H and O–H groups in total. The Labute approximate surface area is 110 Å². The smallest absolute Gasteiger partial charge is 0.220 e. The maximum Gasteiger partial charge on any atom is 0.220 e. The van der Waals surface area contributed by atoms with Crippen LogP contribution in [0.2, 0.25) is 0 Å². The molecule has 0 aliphatic rings. The fraction of sp³-hybridized carbons (Fsp3) is 0.909. The summed E-state index contributed by atoms with van der Waals surface area (Å²) in [4.78, 5) is 11.4. The maximum atomic E-state index is 11.4. The number of hydrogen-bond donors (Lipinski definition) is 2. The number of hydrogen-bond acceptors (Lipinski definition) is 3. The molecule has 0 fully saturated rings. The quantitative estimate of drug-likeness (QED) is 0.664. The first-order valence-electron chi connectivity index (χ1n) is 5.69. The van der Waals surface area contributed by atoms with Gasteiger partial charge in [0.15, 0.2) is 0 Å². The van der Waals surface area contributed by atoms with Crippen LogP contribution in [0.3, 0.4) is 0 Å². The fourth-order valence-electron chi connectivity index (χ4n) is 1.18. The standard InChI is InChI=1S/C11H24N2OS.ClH/c1-4-15-8-7-10(3)13-11(14)6-5-9(2)12;/h9-10H,4-8,12H2,1-3H3,(H,13,14);1H. The van der Waals surface area contributed by atoms with Gasteiger partial charge in [0.25, 0.3) is 0 Å². The van der Waals surface area contributed by atoms with Gasteiger partial charge in [-0.2, -0.15) is 11.8 Å². The number of halogens is 1. The van der Waals surface area contributed by atoms with E-state index in [4.69, 9.17) is 5.73 Å². The molecule has 0 aromatic rings. The van der Waals surface area contributed by atoms with Gasteiger partial charge >= 0.3 is 0 Å². The minimum absolute atomic E-state index is 0. The number of nitrogens with one attached hydrogen (secondary N) is 1. The molecule has 16 heavy (non-hydrogen) atoms. The Morgan fingerprint density at radius 2 is 2.00 bits per heavy atom. The molecule has 2 atom stereocenters. The van der Waals surface area contributed by atoms with E-state index in [9.17, 15) is 4.79 Å². The number of nitrogens with two attached hydrogens (primary N) is 1. The summed E-state index contributed by atoms with van der Waals surface area (Å²) < 4.78 is 0. The van der Waals surface area contributed by atoms with Gasteiger partial charge in [-0.1, -0.05) is 6.92 Å². The number of rotatable bonds is 8. The Morgan fingerprint density at radius 3 is 2.50 bits per heavy atom. The van der Waals surface area contributed by atoms with Gasteiger partial charge in [0.2, 0.25) is 5.91 Å². The van der Waals surface area contributed by atoms with Crippen LogP contribution in [0.4, 0.5) is 0 Å². The monoisotopic (exact) mass is 268 g/mol. The van der Waals surface area contributed by atoms with Gasteiger partial charge in [0.1, 0.15) is 0 Å². The van der Waals surface area contributed by atoms with Crippen LogP contribution >= 0.6 is 24.2 Å². The SMILES string of the molecule is CCSCCC(C)NC(=O)CCC(C)N.Cl. The molecule has 0 spiro atoms. The summed E-state index contributed by atoms with van der Waals surface area (Å²) in [6.45, 7) is 6.13. The lowest BCUT2D eigenvalue weighted by Gasteiger charge is -2.13. The summed E-state index contributed by atoms with van der Waals surface area (Å²) >= 11 is 1.91. The lowest BCUT2D eigenvalue weighted by Crippen LogP contribution is -2.33. The molecule has 5 heteroatoms. The van der Waals surface area contributed by atoms with Crippen LogP contribution in [0, 0.1) is 0 Å². The van der Waals surface area contributed by atoms with E-state index < -0.39 is 0 Å². The van der Waals surface area contributed by atoms with E-state index in [2.05, 4.69) is 19.2 Å². The highest BCUT2D eigenvalue weighted by Gasteiger charge is 2.07. The molecule has 2 unspecified atom stereocenters. The van der Waals surface area contributed by atoms with Crippen molar-refractivity contribution in [1.82, 2.24) is 5.32 Å². The fourth-order valence-corrected chi connectivity index (χ4v) is 1.99. The first-order valence-corrected chi connectivity index (χ1v) is 6.84. The Kier molecular flexibility index (Phi) is 13.3. The van der Waals surface area contributed by atoms with Crippen LogP contribution in [-0.2, 0) is 4.79 Å². The normalized spacial score (nSPS) is 13.8. The summed E-state index contributed by atoms with van der Waals surface area (Å²) in [7, 11) is 0. The molecular formula is C11H25ClN2OS. The predicted octanol–water partition coefficient (Wildman–Crippen LogP) is 2.18. The third-order valence-corrected chi connectivity index (χ3v) is 3.07. The second-order valence-corrected chi connectivity index (χ2v) is 5.36. The van der Waals surface area contributed by atoms with Crippen molar-refractivity contribution in [3.63, 3.8) is 0 Å². The van der Waals surface area contributed by atoms with Gasteiger partial charge in [-0.05, 0) is 38.2 Å². The third-order valence-electron chi connectivity index (χ3n) is 2.13. The highest BCUT2D eigenvalue weighted by molar-refractivity contribution is 7.99. The highest BCUT2D eigenvalue weighted by Crippen LogP contribution is 2.04. The summed E-state index contributed by atoms with van der Waals surface area (Å²) in [5, 5.41) is 2.99. The molecule has 0 radical (unpaired) electrons. The molecular weight excluding hydrogens is 244 g/mol. The van der Waals surface area contributed by atoms with Gasteiger partial charge in [-0.3, -0.25) is 4.79 Å². The average Bonchev–Trinajstić information content (AvgIpc) is 2.15. The van der Waals surface area contributed by atoms with Gasteiger partial charge in [-0.15, -0.1) is 12.4 Å². The van der Waals surface area contributed by atoms with E-state index in [1.54, 1.807) is 0 Å². The van der Waals surface area contributed by atoms with Crippen LogP contribution < -0.4 is 11.1 Å². The third kappa shape index (κ3) is 12.1. The Morgan fingerprint density at radius 1 is 1.38 bits per heavy atom. The van der Waals surface area contributed by atoms with Crippen molar-refractivity contribution in [1.29, 1.82) is 0 Å². The Bertz CT molecular complexity index is 179. The molecule has 0 aliphatic heterocycles. The van der Waals surface area contributed by atoms with Crippen molar-refractivity contribution in [3.8, 4) is 0 Å². The number of carbonyl (C=O) groups excluding carboxylic acids is 1. The number of carbonyl (C=O) groups is 1. The topological polar surface area (TPSA) is 55.1 Å². The molecule has 0 bridgehead atoms. The molecule has 98 valence electrons. The van der Waals surface area contributed by atoms with Crippen LogP contribution in [0.1, 0.15) is 40.0 Å². The summed E-state index contributed by atoms with van der Waals surface area (Å²) in [6.07, 6.45) is 2.35. The number of amides is 1. The van der Waals surface area contributed by atoms with Crippen LogP contribution in [0.5, 0.6) is 0 Å². The Hall–Kier alpha value is 0.0700. The van der Waals surface area contributed by atoms with E-state index in [-0.39, 0.29) is 30.4 Å². The van der Waals surface area contributed by atoms with Gasteiger partial charge in [0.05, 0.1) is 0 Å². The number of thioether (sulfide) groups is 1. The van der Waals surface area contributed by atoms with E-state index in [1.165, 1.54) is 0 Å². The van der Waals surface area contributed by atoms with E-state index >= 15 is 0 Å². The molecule has 0 aliphatic carbocycles. The maximum absolute atomic E-state index is 11.4. The highest BCUT2D eigenvalue weighted by atomic mass is 35.5. The van der Waals surface area contributed by atoms with Crippen molar-refractivity contribution in [2.75, 3.05) is 11.5 Å². The zero-order valence-corrected chi connectivity index (χ0v) is 12.1. The van der Waals surface area contributed by atoms with Crippen molar-refractivity contribution in [2.24, 2.45) is 5.73 Å². The second kappa shape index (κ2) is 11.6. The largest absolute Gasteiger partial charge is 0.354 e. The summed E-state index contributed by atoms with van der Waals surface area (Å²) in [5.74, 6) is 2.39. The second-order valence-electron chi connectivity index (χ2n) is 3.97. The van der Waals surface area contributed by atoms with Gasteiger partial charge in [0, 0.05) is 18.5 Å². The van der Waals surface area contributed by atoms with Crippen molar-refractivity contribution >= 4 is 30.1 Å². The summed E-state index contributed by atoms with van der Waals surface area (Å²) in [6, 6.07) is 0.395. The molecule has 0 rings (SSSR count). The van der Waals surface area contributed by atoms with E-state index in [0.717, 1.165) is 24.3 Å². The van der Waals surface area contributed by atoms with Gasteiger partial charge in [-0.25, -0.2) is 0 Å². The predicted molar refractivity (Wildman–Crippen MR) is 75.4 cm³/mol. The lowest BCUT2D eigenvalue weighted by molar-refractivity contribution is -0.121. The molecule has 0 aromatic carbocycles. The summed E-state index contributed by atoms with van der Waals surface area (Å²) in [5.41, 5.74) is 5.59. The zero-order chi connectivity index (χ0) is 11.7. The molecule has 0 saturated carbocycles.